The number of halogens is 1. The predicted molar refractivity (Wildman–Crippen MR) is 110 cm³/mol. The van der Waals surface area contributed by atoms with Gasteiger partial charge in [0.1, 0.15) is 0 Å². The maximum atomic E-state index is 11.9. The molecule has 9 heteroatoms. The van der Waals surface area contributed by atoms with Crippen molar-refractivity contribution in [3.8, 4) is 0 Å². The lowest BCUT2D eigenvalue weighted by Gasteiger charge is -2.35. The van der Waals surface area contributed by atoms with Crippen molar-refractivity contribution in [1.82, 2.24) is 15.2 Å². The van der Waals surface area contributed by atoms with Gasteiger partial charge in [0.05, 0.1) is 5.69 Å². The van der Waals surface area contributed by atoms with Crippen LogP contribution in [0.5, 0.6) is 0 Å². The first kappa shape index (κ1) is 22.1. The van der Waals surface area contributed by atoms with Gasteiger partial charge in [-0.05, 0) is 32.2 Å². The predicted octanol–water partition coefficient (Wildman–Crippen LogP) is 1.90. The first-order chi connectivity index (χ1) is 12.6. The molecular formula is C18H30ClN5O2S. The Kier molecular flexibility index (Phi) is 8.47. The van der Waals surface area contributed by atoms with Crippen LogP contribution in [0.25, 0.3) is 0 Å². The van der Waals surface area contributed by atoms with Crippen molar-refractivity contribution >= 4 is 40.7 Å². The third-order valence-electron chi connectivity index (χ3n) is 5.02. The summed E-state index contributed by atoms with van der Waals surface area (Å²) in [6.45, 7) is 4.45. The van der Waals surface area contributed by atoms with E-state index in [1.807, 2.05) is 4.90 Å². The van der Waals surface area contributed by atoms with Gasteiger partial charge in [0.25, 0.3) is 0 Å². The van der Waals surface area contributed by atoms with Gasteiger partial charge in [-0.1, -0.05) is 6.42 Å². The quantitative estimate of drug-likeness (QED) is 0.676. The molecule has 27 heavy (non-hydrogen) atoms. The van der Waals surface area contributed by atoms with Gasteiger partial charge in [-0.25, -0.2) is 4.98 Å². The first-order valence-corrected chi connectivity index (χ1v) is 10.4. The van der Waals surface area contributed by atoms with Crippen LogP contribution in [0.15, 0.2) is 5.38 Å². The summed E-state index contributed by atoms with van der Waals surface area (Å²) in [6, 6.07) is 0.676. The summed E-state index contributed by atoms with van der Waals surface area (Å²) >= 11 is 1.55. The molecule has 3 N–H and O–H groups in total. The van der Waals surface area contributed by atoms with E-state index < -0.39 is 0 Å². The van der Waals surface area contributed by atoms with Crippen molar-refractivity contribution < 1.29 is 9.59 Å². The fourth-order valence-electron chi connectivity index (χ4n) is 3.52. The molecule has 2 amide bonds. The molecule has 0 spiro atoms. The second kappa shape index (κ2) is 10.4. The van der Waals surface area contributed by atoms with Crippen LogP contribution in [0.3, 0.4) is 0 Å². The number of amides is 2. The maximum Gasteiger partial charge on any atom is 0.225 e. The van der Waals surface area contributed by atoms with Gasteiger partial charge < -0.3 is 11.1 Å². The van der Waals surface area contributed by atoms with E-state index in [0.29, 0.717) is 31.6 Å². The Hall–Kier alpha value is -1.22. The zero-order chi connectivity index (χ0) is 18.5. The Morgan fingerprint density at radius 3 is 2.81 bits per heavy atom. The monoisotopic (exact) mass is 415 g/mol. The summed E-state index contributed by atoms with van der Waals surface area (Å²) < 4.78 is 0. The molecule has 1 aromatic rings. The molecular weight excluding hydrogens is 386 g/mol. The topological polar surface area (TPSA) is 91.6 Å². The lowest BCUT2D eigenvalue weighted by atomic mass is 10.0. The number of nitrogens with zero attached hydrogens (tertiary/aromatic N) is 3. The van der Waals surface area contributed by atoms with Crippen molar-refractivity contribution in [1.29, 1.82) is 0 Å². The normalized spacial score (nSPS) is 20.0. The highest BCUT2D eigenvalue weighted by atomic mass is 35.5. The summed E-state index contributed by atoms with van der Waals surface area (Å²) in [6.07, 6.45) is 5.98. The highest BCUT2D eigenvalue weighted by molar-refractivity contribution is 7.14. The number of nitrogens with one attached hydrogen (secondary N) is 1. The number of carbonyl (C=O) groups excluding carboxylic acids is 2. The maximum absolute atomic E-state index is 11.9. The number of aromatic nitrogens is 1. The molecule has 1 saturated heterocycles. The summed E-state index contributed by atoms with van der Waals surface area (Å²) in [5.74, 6) is 0.0994. The standard InChI is InChI=1S/C18H29N5O2S.ClH/c1-13(24)23(15-5-6-15)18-21-14(12-26-18)11-22-9-3-2-4-16(22)10-20-17(25)7-8-19;/h12,15-16H,2-11,19H2,1H3,(H,20,25);1H. The van der Waals surface area contributed by atoms with Gasteiger partial charge in [0, 0.05) is 50.4 Å². The van der Waals surface area contributed by atoms with Crippen molar-refractivity contribution in [3.63, 3.8) is 0 Å². The number of hydrogen-bond donors (Lipinski definition) is 2. The number of rotatable bonds is 8. The van der Waals surface area contributed by atoms with Crippen LogP contribution in [-0.2, 0) is 16.1 Å². The molecule has 0 bridgehead atoms. The van der Waals surface area contributed by atoms with E-state index in [-0.39, 0.29) is 24.2 Å². The van der Waals surface area contributed by atoms with Gasteiger partial charge in [-0.3, -0.25) is 19.4 Å². The van der Waals surface area contributed by atoms with E-state index in [1.54, 1.807) is 18.3 Å². The third-order valence-corrected chi connectivity index (χ3v) is 5.91. The molecule has 7 nitrogen and oxygen atoms in total. The van der Waals surface area contributed by atoms with E-state index in [0.717, 1.165) is 43.2 Å². The highest BCUT2D eigenvalue weighted by Crippen LogP contribution is 2.34. The Morgan fingerprint density at radius 1 is 1.37 bits per heavy atom. The summed E-state index contributed by atoms with van der Waals surface area (Å²) in [7, 11) is 0. The first-order valence-electron chi connectivity index (χ1n) is 9.53. The molecule has 3 rings (SSSR count). The molecule has 2 heterocycles. The Morgan fingerprint density at radius 2 is 2.15 bits per heavy atom. The van der Waals surface area contributed by atoms with Crippen molar-refractivity contribution in [3.05, 3.63) is 11.1 Å². The van der Waals surface area contributed by atoms with Gasteiger partial charge in [-0.2, -0.15) is 0 Å². The fraction of sp³-hybridized carbons (Fsp3) is 0.722. The van der Waals surface area contributed by atoms with E-state index in [4.69, 9.17) is 10.7 Å². The number of nitrogens with two attached hydrogens (primary N) is 1. The van der Waals surface area contributed by atoms with E-state index in [9.17, 15) is 9.59 Å². The molecule has 1 atom stereocenters. The minimum atomic E-state index is 0. The molecule has 1 aromatic heterocycles. The SMILES string of the molecule is CC(=O)N(c1nc(CN2CCCCC2CNC(=O)CCN)cs1)C1CC1.Cl. The second-order valence-corrected chi connectivity index (χ2v) is 8.04. The highest BCUT2D eigenvalue weighted by Gasteiger charge is 2.34. The fourth-order valence-corrected chi connectivity index (χ4v) is 4.45. The smallest absolute Gasteiger partial charge is 0.225 e. The zero-order valence-electron chi connectivity index (χ0n) is 15.9. The van der Waals surface area contributed by atoms with Gasteiger partial charge >= 0.3 is 0 Å². The van der Waals surface area contributed by atoms with Crippen LogP contribution in [0.4, 0.5) is 5.13 Å². The molecule has 0 aromatic carbocycles. The van der Waals surface area contributed by atoms with Crippen molar-refractivity contribution in [2.24, 2.45) is 5.73 Å². The zero-order valence-corrected chi connectivity index (χ0v) is 17.5. The number of thiazole rings is 1. The van der Waals surface area contributed by atoms with E-state index >= 15 is 0 Å². The number of carbonyl (C=O) groups is 2. The molecule has 0 radical (unpaired) electrons. The number of piperidine rings is 1. The number of hydrogen-bond acceptors (Lipinski definition) is 6. The van der Waals surface area contributed by atoms with Crippen LogP contribution in [0.2, 0.25) is 0 Å². The molecule has 1 aliphatic heterocycles. The lowest BCUT2D eigenvalue weighted by molar-refractivity contribution is -0.121. The average molecular weight is 416 g/mol. The molecule has 1 aliphatic carbocycles. The molecule has 1 saturated carbocycles. The number of anilines is 1. The molecule has 2 fully saturated rings. The van der Waals surface area contributed by atoms with Crippen LogP contribution in [0, 0.1) is 0 Å². The van der Waals surface area contributed by atoms with Crippen LogP contribution in [-0.4, -0.2) is 53.4 Å². The van der Waals surface area contributed by atoms with Crippen LogP contribution < -0.4 is 16.0 Å². The third kappa shape index (κ3) is 6.14. The van der Waals surface area contributed by atoms with Crippen LogP contribution in [0.1, 0.15) is 51.1 Å². The molecule has 152 valence electrons. The summed E-state index contributed by atoms with van der Waals surface area (Å²) in [5, 5.41) is 5.88. The lowest BCUT2D eigenvalue weighted by Crippen LogP contribution is -2.46. The van der Waals surface area contributed by atoms with Gasteiger partial charge in [0.15, 0.2) is 5.13 Å². The van der Waals surface area contributed by atoms with Gasteiger partial charge in [-0.15, -0.1) is 23.7 Å². The molecule has 2 aliphatic rings. The summed E-state index contributed by atoms with van der Waals surface area (Å²) in [4.78, 5) is 32.6. The van der Waals surface area contributed by atoms with E-state index in [1.165, 1.54) is 12.8 Å². The largest absolute Gasteiger partial charge is 0.354 e. The van der Waals surface area contributed by atoms with Gasteiger partial charge in [0.2, 0.25) is 11.8 Å². The summed E-state index contributed by atoms with van der Waals surface area (Å²) in [5.41, 5.74) is 6.45. The van der Waals surface area contributed by atoms with Crippen molar-refractivity contribution in [2.45, 2.75) is 64.1 Å². The second-order valence-electron chi connectivity index (χ2n) is 7.20. The van der Waals surface area contributed by atoms with Crippen molar-refractivity contribution in [2.75, 3.05) is 24.5 Å². The average Bonchev–Trinajstić information content (AvgIpc) is 3.33. The minimum absolute atomic E-state index is 0. The van der Waals surface area contributed by atoms with E-state index in [2.05, 4.69) is 15.6 Å². The number of likely N-dealkylation sites (tertiary alicyclic amines) is 1. The minimum Gasteiger partial charge on any atom is -0.354 e. The Bertz CT molecular complexity index is 637. The Labute approximate surface area is 171 Å². The van der Waals surface area contributed by atoms with Crippen LogP contribution >= 0.6 is 23.7 Å². The Balaban J connectivity index is 0.00000261. The molecule has 1 unspecified atom stereocenters.